The second-order valence-electron chi connectivity index (χ2n) is 3.64. The molecule has 1 aromatic carbocycles. The van der Waals surface area contributed by atoms with Gasteiger partial charge in [-0.05, 0) is 18.2 Å². The molecular weight excluding hydrogens is 306 g/mol. The Labute approximate surface area is 113 Å². The second-order valence-corrected chi connectivity index (χ2v) is 4.52. The quantitative estimate of drug-likeness (QED) is 0.677. The summed E-state index contributed by atoms with van der Waals surface area (Å²) in [5, 5.41) is 1.44. The highest BCUT2D eigenvalue weighted by Crippen LogP contribution is 2.46. The Morgan fingerprint density at radius 2 is 1.70 bits per heavy atom. The molecule has 0 bridgehead atoms. The van der Waals surface area contributed by atoms with E-state index in [-0.39, 0.29) is 5.06 Å². The van der Waals surface area contributed by atoms with Gasteiger partial charge in [0.05, 0.1) is 5.56 Å². The van der Waals surface area contributed by atoms with Crippen LogP contribution in [0.15, 0.2) is 29.6 Å². The van der Waals surface area contributed by atoms with Crippen LogP contribution in [0.4, 0.5) is 26.3 Å². The summed E-state index contributed by atoms with van der Waals surface area (Å²) < 4.78 is 81.6. The highest BCUT2D eigenvalue weighted by atomic mass is 32.1. The molecule has 0 aliphatic rings. The van der Waals surface area contributed by atoms with Crippen molar-refractivity contribution in [2.45, 2.75) is 12.4 Å². The average molecular weight is 311 g/mol. The Bertz CT molecular complexity index is 585. The Morgan fingerprint density at radius 1 is 1.00 bits per heavy atom. The standard InChI is InChI=1S/C12H5F6OS/c13-11(14,15)7-3-1-4-8(10(7)12(16,17)18)19-9-5-2-6-20-9/h1,3-6H. The van der Waals surface area contributed by atoms with E-state index in [9.17, 15) is 26.3 Å². The lowest BCUT2D eigenvalue weighted by Crippen LogP contribution is -2.17. The van der Waals surface area contributed by atoms with Gasteiger partial charge in [0.15, 0.2) is 5.06 Å². The summed E-state index contributed by atoms with van der Waals surface area (Å²) in [6.07, 6.45) is -10.3. The van der Waals surface area contributed by atoms with Crippen molar-refractivity contribution in [1.29, 1.82) is 0 Å². The lowest BCUT2D eigenvalue weighted by Gasteiger charge is -2.18. The van der Waals surface area contributed by atoms with E-state index >= 15 is 0 Å². The fourth-order valence-corrected chi connectivity index (χ4v) is 2.06. The van der Waals surface area contributed by atoms with E-state index in [2.05, 4.69) is 6.07 Å². The monoisotopic (exact) mass is 311 g/mol. The van der Waals surface area contributed by atoms with E-state index in [0.29, 0.717) is 6.07 Å². The molecule has 0 unspecified atom stereocenters. The molecule has 1 nitrogen and oxygen atoms in total. The van der Waals surface area contributed by atoms with E-state index in [1.54, 1.807) is 0 Å². The van der Waals surface area contributed by atoms with Crippen molar-refractivity contribution in [1.82, 2.24) is 0 Å². The normalized spacial score (nSPS) is 12.5. The summed E-state index contributed by atoms with van der Waals surface area (Å²) in [6, 6.07) is 5.87. The van der Waals surface area contributed by atoms with Gasteiger partial charge in [-0.1, -0.05) is 6.07 Å². The van der Waals surface area contributed by atoms with Crippen molar-refractivity contribution in [2.24, 2.45) is 0 Å². The van der Waals surface area contributed by atoms with Crippen molar-refractivity contribution < 1.29 is 31.1 Å². The lowest BCUT2D eigenvalue weighted by molar-refractivity contribution is -0.162. The molecule has 0 saturated heterocycles. The van der Waals surface area contributed by atoms with Gasteiger partial charge < -0.3 is 4.74 Å². The van der Waals surface area contributed by atoms with Gasteiger partial charge in [0, 0.05) is 11.4 Å². The van der Waals surface area contributed by atoms with E-state index in [4.69, 9.17) is 4.74 Å². The second kappa shape index (κ2) is 5.01. The molecule has 8 heteroatoms. The van der Waals surface area contributed by atoms with Crippen molar-refractivity contribution in [3.05, 3.63) is 46.8 Å². The van der Waals surface area contributed by atoms with Crippen molar-refractivity contribution in [3.8, 4) is 10.8 Å². The molecule has 0 amide bonds. The summed E-state index contributed by atoms with van der Waals surface area (Å²) >= 11 is 0.924. The Balaban J connectivity index is 2.57. The minimum atomic E-state index is -5.18. The summed E-state index contributed by atoms with van der Waals surface area (Å²) in [6.45, 7) is 0. The summed E-state index contributed by atoms with van der Waals surface area (Å²) in [5.74, 6) is -0.886. The molecule has 107 valence electrons. The molecule has 0 atom stereocenters. The molecule has 2 rings (SSSR count). The topological polar surface area (TPSA) is 9.23 Å². The molecule has 1 heterocycles. The molecule has 0 saturated carbocycles. The molecular formula is C12H5F6OS. The number of hydrogen-bond acceptors (Lipinski definition) is 2. The first kappa shape index (κ1) is 14.7. The maximum Gasteiger partial charge on any atom is 0.420 e. The zero-order valence-corrected chi connectivity index (χ0v) is 10.3. The van der Waals surface area contributed by atoms with Crippen LogP contribution < -0.4 is 4.74 Å². The predicted octanol–water partition coefficient (Wildman–Crippen LogP) is 5.38. The summed E-state index contributed by atoms with van der Waals surface area (Å²) in [5.41, 5.74) is -3.61. The fraction of sp³-hybridized carbons (Fsp3) is 0.167. The van der Waals surface area contributed by atoms with Gasteiger partial charge >= 0.3 is 12.4 Å². The van der Waals surface area contributed by atoms with Crippen LogP contribution in [0, 0.1) is 6.07 Å². The summed E-state index contributed by atoms with van der Waals surface area (Å²) in [7, 11) is 0. The van der Waals surface area contributed by atoms with Crippen LogP contribution >= 0.6 is 11.3 Å². The lowest BCUT2D eigenvalue weighted by atomic mass is 10.1. The van der Waals surface area contributed by atoms with Crippen molar-refractivity contribution >= 4 is 11.3 Å². The van der Waals surface area contributed by atoms with Gasteiger partial charge in [0.2, 0.25) is 0 Å². The molecule has 20 heavy (non-hydrogen) atoms. The summed E-state index contributed by atoms with van der Waals surface area (Å²) in [4.78, 5) is 0. The van der Waals surface area contributed by atoms with Crippen molar-refractivity contribution in [3.63, 3.8) is 0 Å². The Hall–Kier alpha value is -1.70. The van der Waals surface area contributed by atoms with Crippen LogP contribution in [-0.4, -0.2) is 0 Å². The average Bonchev–Trinajstić information content (AvgIpc) is 2.79. The van der Waals surface area contributed by atoms with Crippen LogP contribution in [0.25, 0.3) is 0 Å². The van der Waals surface area contributed by atoms with Crippen LogP contribution in [0.3, 0.4) is 0 Å². The largest absolute Gasteiger partial charge is 0.446 e. The van der Waals surface area contributed by atoms with Gasteiger partial charge in [0.25, 0.3) is 0 Å². The van der Waals surface area contributed by atoms with Crippen LogP contribution in [0.5, 0.6) is 10.8 Å². The fourth-order valence-electron chi connectivity index (χ4n) is 1.53. The van der Waals surface area contributed by atoms with Gasteiger partial charge in [0.1, 0.15) is 11.3 Å². The van der Waals surface area contributed by atoms with E-state index in [0.717, 1.165) is 23.5 Å². The first-order valence-corrected chi connectivity index (χ1v) is 5.97. The predicted molar refractivity (Wildman–Crippen MR) is 59.7 cm³/mol. The first-order valence-electron chi connectivity index (χ1n) is 5.09. The molecule has 0 fully saturated rings. The van der Waals surface area contributed by atoms with Gasteiger partial charge in [-0.15, -0.1) is 11.3 Å². The van der Waals surface area contributed by atoms with E-state index < -0.39 is 29.2 Å². The van der Waals surface area contributed by atoms with Gasteiger partial charge in [-0.25, -0.2) is 0 Å². The number of rotatable bonds is 2. The number of thiophene rings is 1. The van der Waals surface area contributed by atoms with Gasteiger partial charge in [-0.2, -0.15) is 26.3 Å². The smallest absolute Gasteiger partial charge is 0.420 e. The molecule has 0 spiro atoms. The molecule has 2 aromatic rings. The SMILES string of the molecule is FC(F)(F)c1cccc(Oc2c[c]cs2)c1C(F)(F)F. The highest BCUT2D eigenvalue weighted by Gasteiger charge is 2.45. The minimum absolute atomic E-state index is 0.0230. The molecule has 1 radical (unpaired) electrons. The molecule has 0 aliphatic carbocycles. The third kappa shape index (κ3) is 3.06. The number of ether oxygens (including phenoxy) is 1. The van der Waals surface area contributed by atoms with Crippen molar-refractivity contribution in [2.75, 3.05) is 0 Å². The zero-order valence-electron chi connectivity index (χ0n) is 9.47. The van der Waals surface area contributed by atoms with Crippen LogP contribution in [0.1, 0.15) is 11.1 Å². The number of hydrogen-bond donors (Lipinski definition) is 0. The first-order chi connectivity index (χ1) is 9.19. The Kier molecular flexibility index (Phi) is 3.68. The van der Waals surface area contributed by atoms with E-state index in [1.807, 2.05) is 0 Å². The van der Waals surface area contributed by atoms with Crippen LogP contribution in [-0.2, 0) is 12.4 Å². The molecule has 0 N–H and O–H groups in total. The zero-order chi connectivity index (χ0) is 15.0. The molecule has 0 aliphatic heterocycles. The van der Waals surface area contributed by atoms with E-state index in [1.165, 1.54) is 11.4 Å². The highest BCUT2D eigenvalue weighted by molar-refractivity contribution is 7.11. The molecule has 1 aromatic heterocycles. The third-order valence-corrected chi connectivity index (χ3v) is 2.96. The van der Waals surface area contributed by atoms with Crippen LogP contribution in [0.2, 0.25) is 0 Å². The minimum Gasteiger partial charge on any atom is -0.446 e. The Morgan fingerprint density at radius 3 is 2.20 bits per heavy atom. The number of halogens is 6. The number of benzene rings is 1. The van der Waals surface area contributed by atoms with Gasteiger partial charge in [-0.3, -0.25) is 0 Å². The maximum absolute atomic E-state index is 12.9. The number of alkyl halides is 6. The maximum atomic E-state index is 12.9. The third-order valence-electron chi connectivity index (χ3n) is 2.27.